The number of hydrogen-bond donors (Lipinski definition) is 2. The van der Waals surface area contributed by atoms with Gasteiger partial charge in [-0.25, -0.2) is 4.57 Å². The number of halogens is 1. The number of aryl methyl sites for hydroxylation is 1. The lowest BCUT2D eigenvalue weighted by atomic mass is 9.86. The Kier molecular flexibility index (Phi) is 8.64. The van der Waals surface area contributed by atoms with Crippen LogP contribution in [0.5, 0.6) is 11.5 Å². The van der Waals surface area contributed by atoms with Gasteiger partial charge in [0.05, 0.1) is 27.4 Å². The van der Waals surface area contributed by atoms with Crippen molar-refractivity contribution in [1.29, 1.82) is 0 Å². The lowest BCUT2D eigenvalue weighted by Crippen LogP contribution is -3.00. The van der Waals surface area contributed by atoms with Gasteiger partial charge in [-0.15, -0.1) is 0 Å². The van der Waals surface area contributed by atoms with Gasteiger partial charge in [0.2, 0.25) is 5.52 Å². The van der Waals surface area contributed by atoms with Gasteiger partial charge >= 0.3 is 0 Å². The third-order valence-corrected chi connectivity index (χ3v) is 6.59. The van der Waals surface area contributed by atoms with Crippen LogP contribution in [0.1, 0.15) is 37.5 Å². The lowest BCUT2D eigenvalue weighted by molar-refractivity contribution is -0.644. The monoisotopic (exact) mass is 599 g/mol. The Morgan fingerprint density at radius 2 is 1.42 bits per heavy atom. The average Bonchev–Trinajstić information content (AvgIpc) is 2.86. The second kappa shape index (κ2) is 11.2. The van der Waals surface area contributed by atoms with Crippen molar-refractivity contribution in [3.8, 4) is 33.8 Å². The van der Waals surface area contributed by atoms with E-state index < -0.39 is 0 Å². The summed E-state index contributed by atoms with van der Waals surface area (Å²) in [4.78, 5) is 0. The molecule has 0 saturated heterocycles. The Labute approximate surface area is 230 Å². The summed E-state index contributed by atoms with van der Waals surface area (Å²) in [6.45, 7) is 6.39. The third kappa shape index (κ3) is 5.36. The molecule has 2 N–H and O–H groups in total. The minimum Gasteiger partial charge on any atom is -1.00 e. The summed E-state index contributed by atoms with van der Waals surface area (Å²) in [6.07, 6.45) is 2.07. The number of ether oxygens (including phenoxy) is 2. The van der Waals surface area contributed by atoms with E-state index in [4.69, 9.17) is 9.47 Å². The van der Waals surface area contributed by atoms with Crippen LogP contribution in [0, 0.1) is 0 Å². The van der Waals surface area contributed by atoms with Crippen LogP contribution in [0.15, 0.2) is 60.8 Å². The molecule has 1 heterocycles. The molecular weight excluding hydrogens is 565 g/mol. The SMILES string of the molecule is COc1cc(-c2cc3cc(CO)c(CO)cc3[n+](C)c2)cc(-c2ccc(C(C)(C)C)cc2)c1OC.[I-]. The fourth-order valence-corrected chi connectivity index (χ4v) is 4.55. The summed E-state index contributed by atoms with van der Waals surface area (Å²) in [5.74, 6) is 1.36. The molecule has 4 aromatic rings. The van der Waals surface area contributed by atoms with E-state index in [1.165, 1.54) is 5.56 Å². The van der Waals surface area contributed by atoms with Crippen LogP contribution in [0.25, 0.3) is 33.2 Å². The Morgan fingerprint density at radius 3 is 1.97 bits per heavy atom. The number of aliphatic hydroxyl groups excluding tert-OH is 2. The molecule has 0 bridgehead atoms. The fourth-order valence-electron chi connectivity index (χ4n) is 4.55. The minimum absolute atomic E-state index is 0. The first-order chi connectivity index (χ1) is 16.7. The zero-order chi connectivity index (χ0) is 25.3. The number of aliphatic hydroxyl groups is 2. The van der Waals surface area contributed by atoms with Crippen LogP contribution in [0.3, 0.4) is 0 Å². The van der Waals surface area contributed by atoms with E-state index >= 15 is 0 Å². The first kappa shape index (κ1) is 27.9. The second-order valence-corrected chi connectivity index (χ2v) is 9.92. The molecule has 0 spiro atoms. The smallest absolute Gasteiger partial charge is 0.212 e. The number of pyridine rings is 1. The van der Waals surface area contributed by atoms with Crippen LogP contribution in [0.4, 0.5) is 0 Å². The summed E-state index contributed by atoms with van der Waals surface area (Å²) >= 11 is 0. The van der Waals surface area contributed by atoms with Crippen molar-refractivity contribution in [2.24, 2.45) is 7.05 Å². The van der Waals surface area contributed by atoms with Gasteiger partial charge in [-0.3, -0.25) is 0 Å². The van der Waals surface area contributed by atoms with E-state index in [9.17, 15) is 10.2 Å². The maximum atomic E-state index is 9.77. The van der Waals surface area contributed by atoms with Gasteiger partial charge in [0.25, 0.3) is 0 Å². The molecule has 0 amide bonds. The Hall–Kier alpha value is -2.68. The normalized spacial score (nSPS) is 11.3. The van der Waals surface area contributed by atoms with Gasteiger partial charge in [-0.1, -0.05) is 45.0 Å². The summed E-state index contributed by atoms with van der Waals surface area (Å²) in [6, 6.07) is 18.7. The maximum Gasteiger partial charge on any atom is 0.212 e. The van der Waals surface area contributed by atoms with Gasteiger partial charge in [0, 0.05) is 22.6 Å². The van der Waals surface area contributed by atoms with E-state index in [2.05, 4.69) is 63.4 Å². The summed E-state index contributed by atoms with van der Waals surface area (Å²) in [5.41, 5.74) is 7.79. The molecule has 1 aromatic heterocycles. The zero-order valence-electron chi connectivity index (χ0n) is 21.7. The van der Waals surface area contributed by atoms with Crippen molar-refractivity contribution in [2.75, 3.05) is 14.2 Å². The number of aromatic nitrogens is 1. The molecule has 0 fully saturated rings. The highest BCUT2D eigenvalue weighted by atomic mass is 127. The molecule has 0 aliphatic rings. The van der Waals surface area contributed by atoms with Crippen molar-refractivity contribution >= 4 is 10.9 Å². The Morgan fingerprint density at radius 1 is 0.778 bits per heavy atom. The number of fused-ring (bicyclic) bond motifs is 1. The van der Waals surface area contributed by atoms with E-state index in [-0.39, 0.29) is 42.6 Å². The highest BCUT2D eigenvalue weighted by Crippen LogP contribution is 2.42. The Bertz CT molecular complexity index is 1380. The highest BCUT2D eigenvalue weighted by molar-refractivity contribution is 5.86. The van der Waals surface area contributed by atoms with Crippen molar-refractivity contribution < 1.29 is 48.2 Å². The summed E-state index contributed by atoms with van der Waals surface area (Å²) in [7, 11) is 5.30. The van der Waals surface area contributed by atoms with Gasteiger partial charge in [0.1, 0.15) is 7.05 Å². The number of nitrogens with zero attached hydrogens (tertiary/aromatic N) is 1. The zero-order valence-corrected chi connectivity index (χ0v) is 23.9. The predicted octanol–water partition coefficient (Wildman–Crippen LogP) is 2.30. The second-order valence-electron chi connectivity index (χ2n) is 9.92. The topological polar surface area (TPSA) is 62.8 Å². The molecule has 0 saturated carbocycles. The molecule has 0 aliphatic carbocycles. The van der Waals surface area contributed by atoms with E-state index in [1.807, 2.05) is 29.8 Å². The Balaban J connectivity index is 0.00000361. The van der Waals surface area contributed by atoms with Crippen molar-refractivity contribution in [3.63, 3.8) is 0 Å². The average molecular weight is 600 g/mol. The molecule has 4 rings (SSSR count). The molecule has 36 heavy (non-hydrogen) atoms. The number of benzene rings is 3. The van der Waals surface area contributed by atoms with E-state index in [0.717, 1.165) is 44.3 Å². The largest absolute Gasteiger partial charge is 1.00 e. The van der Waals surface area contributed by atoms with E-state index in [1.54, 1.807) is 14.2 Å². The molecule has 0 atom stereocenters. The maximum absolute atomic E-state index is 9.77. The van der Waals surface area contributed by atoms with Gasteiger partial charge in [-0.05, 0) is 57.5 Å². The summed E-state index contributed by atoms with van der Waals surface area (Å²) in [5, 5.41) is 20.5. The van der Waals surface area contributed by atoms with Crippen LogP contribution < -0.4 is 38.0 Å². The summed E-state index contributed by atoms with van der Waals surface area (Å²) < 4.78 is 13.5. The third-order valence-electron chi connectivity index (χ3n) is 6.59. The van der Waals surface area contributed by atoms with Crippen LogP contribution in [0.2, 0.25) is 0 Å². The lowest BCUT2D eigenvalue weighted by Gasteiger charge is -2.20. The molecular formula is C30H34INO4. The quantitative estimate of drug-likeness (QED) is 0.264. The van der Waals surface area contributed by atoms with Crippen molar-refractivity contribution in [3.05, 3.63) is 77.5 Å². The molecule has 0 radical (unpaired) electrons. The van der Waals surface area contributed by atoms with Gasteiger partial charge in [0.15, 0.2) is 17.7 Å². The molecule has 5 nitrogen and oxygen atoms in total. The fraction of sp³-hybridized carbons (Fsp3) is 0.300. The standard InChI is InChI=1S/C30H34NO4.HI/c1-30(2,3)25-9-7-19(8-10-25)26-13-20(15-28(34-5)29(26)35-6)22-11-21-12-23(17-32)24(18-33)14-27(21)31(4)16-22;/h7-16,32-33H,17-18H2,1-6H3;1H/q+1;/p-1. The number of rotatable bonds is 6. The van der Waals surface area contributed by atoms with Crippen LogP contribution in [-0.4, -0.2) is 24.4 Å². The highest BCUT2D eigenvalue weighted by Gasteiger charge is 2.19. The van der Waals surface area contributed by atoms with Gasteiger partial charge < -0.3 is 43.7 Å². The molecule has 3 aromatic carbocycles. The first-order valence-electron chi connectivity index (χ1n) is 11.7. The molecule has 6 heteroatoms. The van der Waals surface area contributed by atoms with E-state index in [0.29, 0.717) is 11.5 Å². The number of methoxy groups -OCH3 is 2. The van der Waals surface area contributed by atoms with Crippen LogP contribution >= 0.6 is 0 Å². The van der Waals surface area contributed by atoms with Crippen molar-refractivity contribution in [2.45, 2.75) is 39.4 Å². The molecule has 0 aliphatic heterocycles. The minimum atomic E-state index is -0.120. The molecule has 0 unspecified atom stereocenters. The molecule has 190 valence electrons. The first-order valence-corrected chi connectivity index (χ1v) is 11.7. The van der Waals surface area contributed by atoms with Gasteiger partial charge in [-0.2, -0.15) is 0 Å². The predicted molar refractivity (Wildman–Crippen MR) is 140 cm³/mol. The number of hydrogen-bond acceptors (Lipinski definition) is 4. The van der Waals surface area contributed by atoms with Crippen molar-refractivity contribution in [1.82, 2.24) is 0 Å². The van der Waals surface area contributed by atoms with Crippen LogP contribution in [-0.2, 0) is 25.7 Å².